The Labute approximate surface area is 177 Å². The number of hydrogen-bond donors (Lipinski definition) is 0. The predicted molar refractivity (Wildman–Crippen MR) is 118 cm³/mol. The van der Waals surface area contributed by atoms with Gasteiger partial charge in [-0.25, -0.2) is 4.98 Å². The highest BCUT2D eigenvalue weighted by molar-refractivity contribution is 5.78. The van der Waals surface area contributed by atoms with E-state index in [-0.39, 0.29) is 0 Å². The number of likely N-dealkylation sites (tertiary alicyclic amines) is 1. The summed E-state index contributed by atoms with van der Waals surface area (Å²) in [7, 11) is 0. The van der Waals surface area contributed by atoms with Crippen LogP contribution in [0.1, 0.15) is 29.7 Å². The maximum absolute atomic E-state index is 5.85. The fourth-order valence-corrected chi connectivity index (χ4v) is 4.11. The van der Waals surface area contributed by atoms with Crippen LogP contribution in [0.25, 0.3) is 16.7 Å². The molecule has 1 aliphatic heterocycles. The first-order valence-electron chi connectivity index (χ1n) is 10.6. The van der Waals surface area contributed by atoms with Crippen LogP contribution in [-0.2, 0) is 24.5 Å². The van der Waals surface area contributed by atoms with Crippen LogP contribution in [0, 0.1) is 0 Å². The molecule has 0 spiro atoms. The van der Waals surface area contributed by atoms with E-state index in [1.807, 2.05) is 24.5 Å². The Morgan fingerprint density at radius 1 is 0.833 bits per heavy atom. The highest BCUT2D eigenvalue weighted by Gasteiger charge is 2.13. The van der Waals surface area contributed by atoms with Crippen molar-refractivity contribution in [2.75, 3.05) is 13.1 Å². The topological polar surface area (TPSA) is 43.2 Å². The maximum atomic E-state index is 5.85. The molecule has 1 saturated heterocycles. The Balaban J connectivity index is 1.30. The molecule has 0 bridgehead atoms. The van der Waals surface area contributed by atoms with Gasteiger partial charge in [-0.1, -0.05) is 24.3 Å². The van der Waals surface area contributed by atoms with Crippen LogP contribution in [0.3, 0.4) is 0 Å². The van der Waals surface area contributed by atoms with Gasteiger partial charge in [-0.15, -0.1) is 0 Å². The number of ether oxygens (including phenoxy) is 1. The summed E-state index contributed by atoms with van der Waals surface area (Å²) in [4.78, 5) is 11.5. The molecule has 5 heteroatoms. The molecule has 30 heavy (non-hydrogen) atoms. The summed E-state index contributed by atoms with van der Waals surface area (Å²) in [6.45, 7) is 4.51. The molecule has 0 atom stereocenters. The Kier molecular flexibility index (Phi) is 5.55. The lowest BCUT2D eigenvalue weighted by Gasteiger charge is -2.14. The van der Waals surface area contributed by atoms with Crippen LogP contribution >= 0.6 is 0 Å². The van der Waals surface area contributed by atoms with Crippen LogP contribution in [-0.4, -0.2) is 32.5 Å². The fraction of sp³-hybridized carbons (Fsp3) is 0.280. The van der Waals surface area contributed by atoms with Crippen molar-refractivity contribution in [1.82, 2.24) is 19.4 Å². The van der Waals surface area contributed by atoms with Gasteiger partial charge in [0.05, 0.1) is 29.9 Å². The molecule has 5 rings (SSSR count). The van der Waals surface area contributed by atoms with Gasteiger partial charge in [-0.05, 0) is 73.5 Å². The van der Waals surface area contributed by atoms with E-state index in [4.69, 9.17) is 4.74 Å². The Hall–Kier alpha value is -3.02. The fourth-order valence-electron chi connectivity index (χ4n) is 4.11. The number of pyridine rings is 1. The number of fused-ring (bicyclic) bond motifs is 1. The van der Waals surface area contributed by atoms with Gasteiger partial charge in [0.1, 0.15) is 6.33 Å². The van der Waals surface area contributed by atoms with Crippen LogP contribution in [0.4, 0.5) is 0 Å². The van der Waals surface area contributed by atoms with Crippen molar-refractivity contribution < 1.29 is 4.74 Å². The summed E-state index contributed by atoms with van der Waals surface area (Å²) in [6.07, 6.45) is 6.34. The first kappa shape index (κ1) is 19.0. The van der Waals surface area contributed by atoms with Crippen LogP contribution in [0.5, 0.6) is 0 Å². The summed E-state index contributed by atoms with van der Waals surface area (Å²) in [5.41, 5.74) is 6.69. The molecule has 2 aromatic carbocycles. The zero-order valence-electron chi connectivity index (χ0n) is 17.1. The third-order valence-corrected chi connectivity index (χ3v) is 5.65. The van der Waals surface area contributed by atoms with Crippen molar-refractivity contribution in [3.63, 3.8) is 0 Å². The number of nitrogens with zero attached hydrogens (tertiary/aromatic N) is 4. The van der Waals surface area contributed by atoms with Crippen molar-refractivity contribution >= 4 is 11.0 Å². The molecule has 0 N–H and O–H groups in total. The van der Waals surface area contributed by atoms with Crippen molar-refractivity contribution in [3.05, 3.63) is 90.0 Å². The molecule has 0 unspecified atom stereocenters. The third-order valence-electron chi connectivity index (χ3n) is 5.65. The average molecular weight is 399 g/mol. The number of benzene rings is 2. The number of rotatable bonds is 7. The van der Waals surface area contributed by atoms with Crippen molar-refractivity contribution in [2.45, 2.75) is 32.6 Å². The monoisotopic (exact) mass is 398 g/mol. The van der Waals surface area contributed by atoms with E-state index in [1.54, 1.807) is 6.20 Å². The normalized spacial score (nSPS) is 14.5. The van der Waals surface area contributed by atoms with E-state index >= 15 is 0 Å². The Morgan fingerprint density at radius 3 is 2.63 bits per heavy atom. The van der Waals surface area contributed by atoms with Crippen LogP contribution in [0.15, 0.2) is 73.2 Å². The van der Waals surface area contributed by atoms with Crippen molar-refractivity contribution in [2.24, 2.45) is 0 Å². The molecule has 0 saturated carbocycles. The van der Waals surface area contributed by atoms with Crippen LogP contribution < -0.4 is 0 Å². The zero-order valence-corrected chi connectivity index (χ0v) is 17.1. The molecule has 1 aliphatic rings. The molecule has 0 radical (unpaired) electrons. The van der Waals surface area contributed by atoms with Gasteiger partial charge >= 0.3 is 0 Å². The number of hydrogen-bond acceptors (Lipinski definition) is 4. The Bertz CT molecular complexity index is 1120. The van der Waals surface area contributed by atoms with Gasteiger partial charge in [0, 0.05) is 18.4 Å². The molecule has 1 fully saturated rings. The van der Waals surface area contributed by atoms with E-state index < -0.39 is 0 Å². The molecule has 0 amide bonds. The maximum Gasteiger partial charge on any atom is 0.100 e. The van der Waals surface area contributed by atoms with Gasteiger partial charge in [0.2, 0.25) is 0 Å². The van der Waals surface area contributed by atoms with Crippen molar-refractivity contribution in [1.29, 1.82) is 0 Å². The molecule has 5 nitrogen and oxygen atoms in total. The summed E-state index contributed by atoms with van der Waals surface area (Å²) in [5, 5.41) is 0. The summed E-state index contributed by atoms with van der Waals surface area (Å²) >= 11 is 0. The largest absolute Gasteiger partial charge is 0.370 e. The lowest BCUT2D eigenvalue weighted by Crippen LogP contribution is -2.18. The lowest BCUT2D eigenvalue weighted by molar-refractivity contribution is 0.104. The minimum atomic E-state index is 0.513. The van der Waals surface area contributed by atoms with Gasteiger partial charge in [-0.2, -0.15) is 0 Å². The molecular weight excluding hydrogens is 372 g/mol. The summed E-state index contributed by atoms with van der Waals surface area (Å²) < 4.78 is 8.00. The number of aromatic nitrogens is 3. The van der Waals surface area contributed by atoms with E-state index in [2.05, 4.69) is 61.9 Å². The minimum Gasteiger partial charge on any atom is -0.370 e. The lowest BCUT2D eigenvalue weighted by atomic mass is 10.1. The van der Waals surface area contributed by atoms with Gasteiger partial charge in [0.25, 0.3) is 0 Å². The second-order valence-corrected chi connectivity index (χ2v) is 7.90. The molecule has 0 aliphatic carbocycles. The Morgan fingerprint density at radius 2 is 1.77 bits per heavy atom. The third kappa shape index (κ3) is 4.27. The highest BCUT2D eigenvalue weighted by atomic mass is 16.5. The second-order valence-electron chi connectivity index (χ2n) is 7.90. The van der Waals surface area contributed by atoms with E-state index in [0.717, 1.165) is 34.5 Å². The van der Waals surface area contributed by atoms with E-state index in [0.29, 0.717) is 13.2 Å². The zero-order chi connectivity index (χ0) is 20.2. The van der Waals surface area contributed by atoms with E-state index in [1.165, 1.54) is 31.5 Å². The summed E-state index contributed by atoms with van der Waals surface area (Å²) in [5.74, 6) is 0. The van der Waals surface area contributed by atoms with Crippen molar-refractivity contribution in [3.8, 4) is 5.69 Å². The average Bonchev–Trinajstić information content (AvgIpc) is 3.44. The minimum absolute atomic E-state index is 0.513. The van der Waals surface area contributed by atoms with Crippen LogP contribution in [0.2, 0.25) is 0 Å². The van der Waals surface area contributed by atoms with E-state index in [9.17, 15) is 0 Å². The van der Waals surface area contributed by atoms with Gasteiger partial charge in [0.15, 0.2) is 0 Å². The molecule has 3 heterocycles. The van der Waals surface area contributed by atoms with Gasteiger partial charge in [-0.3, -0.25) is 14.5 Å². The number of imidazole rings is 1. The SMILES string of the molecule is c1ccc(COCc2cccc(-n3cnc4cc(CN5CCCC5)ccc43)c2)nc1. The predicted octanol–water partition coefficient (Wildman–Crippen LogP) is 4.73. The highest BCUT2D eigenvalue weighted by Crippen LogP contribution is 2.22. The standard InChI is InChI=1S/C25H26N4O/c1-2-11-26-22(7-1)18-30-17-21-6-5-8-23(14-21)29-19-27-24-15-20(9-10-25(24)29)16-28-12-3-4-13-28/h1-2,5-11,14-15,19H,3-4,12-13,16-18H2. The quantitative estimate of drug-likeness (QED) is 0.451. The molecule has 2 aromatic heterocycles. The molecular formula is C25H26N4O. The smallest absolute Gasteiger partial charge is 0.100 e. The van der Waals surface area contributed by atoms with Gasteiger partial charge < -0.3 is 4.74 Å². The molecule has 152 valence electrons. The second kappa shape index (κ2) is 8.78. The first-order valence-corrected chi connectivity index (χ1v) is 10.6. The summed E-state index contributed by atoms with van der Waals surface area (Å²) in [6, 6.07) is 21.0. The first-order chi connectivity index (χ1) is 14.8. The molecule has 4 aromatic rings.